The molecule has 1 aliphatic rings. The fourth-order valence-corrected chi connectivity index (χ4v) is 4.85. The van der Waals surface area contributed by atoms with Crippen LogP contribution in [0.3, 0.4) is 0 Å². The van der Waals surface area contributed by atoms with Gasteiger partial charge in [0.15, 0.2) is 0 Å². The number of nitrogens with zero attached hydrogens (tertiary/aromatic N) is 2. The average Bonchev–Trinajstić information content (AvgIpc) is 3.40. The fraction of sp³-hybridized carbons (Fsp3) is 0.269. The molecule has 5 rings (SSSR count). The van der Waals surface area contributed by atoms with E-state index in [9.17, 15) is 4.79 Å². The van der Waals surface area contributed by atoms with Gasteiger partial charge in [0.05, 0.1) is 5.69 Å². The maximum absolute atomic E-state index is 13.6. The Morgan fingerprint density at radius 3 is 2.73 bits per heavy atom. The maximum Gasteiger partial charge on any atom is 0.274 e. The van der Waals surface area contributed by atoms with Crippen molar-refractivity contribution in [3.63, 3.8) is 0 Å². The third-order valence-electron chi connectivity index (χ3n) is 6.26. The minimum Gasteiger partial charge on any atom is -0.492 e. The molecule has 0 bridgehead atoms. The molecule has 1 atom stereocenters. The van der Waals surface area contributed by atoms with Crippen LogP contribution in [-0.4, -0.2) is 55.5 Å². The Kier molecular flexibility index (Phi) is 5.64. The van der Waals surface area contributed by atoms with Gasteiger partial charge in [0, 0.05) is 46.9 Å². The number of fused-ring (bicyclic) bond motifs is 4. The highest BCUT2D eigenvalue weighted by molar-refractivity contribution is 6.19. The summed E-state index contributed by atoms with van der Waals surface area (Å²) in [6.07, 6.45) is 0. The van der Waals surface area contributed by atoms with Gasteiger partial charge in [-0.1, -0.05) is 24.3 Å². The van der Waals surface area contributed by atoms with Crippen molar-refractivity contribution in [3.05, 3.63) is 65.9 Å². The number of H-pyrrole nitrogens is 1. The zero-order chi connectivity index (χ0) is 23.1. The van der Waals surface area contributed by atoms with Crippen LogP contribution >= 0.6 is 11.6 Å². The summed E-state index contributed by atoms with van der Waals surface area (Å²) < 4.78 is 5.84. The standard InChI is InChI=1S/C26H27ClN4O2/c1-30(2)9-10-33-18-7-8-22-16(11-18)12-23(29-22)26(32)31-15-17(14-27)25-20-6-4-3-5-19(20)21(28)13-24(25)31/h3-8,11-13,17,29H,9-10,14-15,28H2,1-2H3. The molecule has 0 saturated carbocycles. The van der Waals surface area contributed by atoms with Crippen LogP contribution in [0.4, 0.5) is 11.4 Å². The number of likely N-dealkylation sites (N-methyl/N-ethyl adjacent to an activating group) is 1. The van der Waals surface area contributed by atoms with Gasteiger partial charge in [0.25, 0.3) is 5.91 Å². The predicted octanol–water partition coefficient (Wildman–Crippen LogP) is 4.83. The Hall–Kier alpha value is -3.22. The average molecular weight is 463 g/mol. The minimum absolute atomic E-state index is 0.0530. The lowest BCUT2D eigenvalue weighted by atomic mass is 9.95. The van der Waals surface area contributed by atoms with Crippen molar-refractivity contribution in [1.82, 2.24) is 9.88 Å². The van der Waals surface area contributed by atoms with E-state index in [1.54, 1.807) is 4.90 Å². The van der Waals surface area contributed by atoms with Gasteiger partial charge in [0.1, 0.15) is 18.1 Å². The SMILES string of the molecule is CN(C)CCOc1ccc2[nH]c(C(=O)N3CC(CCl)c4c3cc(N)c3ccccc43)cc2c1. The monoisotopic (exact) mass is 462 g/mol. The molecular formula is C26H27ClN4O2. The molecule has 3 N–H and O–H groups in total. The molecule has 33 heavy (non-hydrogen) atoms. The largest absolute Gasteiger partial charge is 0.492 e. The second kappa shape index (κ2) is 8.61. The number of aromatic amines is 1. The molecule has 7 heteroatoms. The van der Waals surface area contributed by atoms with Crippen molar-refractivity contribution in [2.75, 3.05) is 50.3 Å². The Balaban J connectivity index is 1.48. The number of halogens is 1. The first-order valence-corrected chi connectivity index (χ1v) is 11.6. The molecule has 1 aromatic heterocycles. The quantitative estimate of drug-likeness (QED) is 0.318. The summed E-state index contributed by atoms with van der Waals surface area (Å²) in [7, 11) is 4.02. The number of hydrogen-bond donors (Lipinski definition) is 2. The zero-order valence-electron chi connectivity index (χ0n) is 18.8. The highest BCUT2D eigenvalue weighted by Gasteiger charge is 2.35. The summed E-state index contributed by atoms with van der Waals surface area (Å²) in [5.74, 6) is 1.18. The van der Waals surface area contributed by atoms with E-state index in [2.05, 4.69) is 16.0 Å². The van der Waals surface area contributed by atoms with Crippen molar-refractivity contribution >= 4 is 50.6 Å². The normalized spacial score (nSPS) is 15.5. The Morgan fingerprint density at radius 1 is 1.18 bits per heavy atom. The molecule has 3 aromatic carbocycles. The summed E-state index contributed by atoms with van der Waals surface area (Å²) in [5, 5.41) is 2.99. The van der Waals surface area contributed by atoms with E-state index in [4.69, 9.17) is 22.1 Å². The van der Waals surface area contributed by atoms with Gasteiger partial charge in [-0.25, -0.2) is 0 Å². The highest BCUT2D eigenvalue weighted by Crippen LogP contribution is 2.44. The van der Waals surface area contributed by atoms with Crippen molar-refractivity contribution in [3.8, 4) is 5.75 Å². The molecule has 0 spiro atoms. The number of hydrogen-bond acceptors (Lipinski definition) is 4. The Labute approximate surface area is 197 Å². The van der Waals surface area contributed by atoms with E-state index in [1.807, 2.05) is 62.6 Å². The molecule has 2 heterocycles. The second-order valence-electron chi connectivity index (χ2n) is 8.79. The number of nitrogens with one attached hydrogen (secondary N) is 1. The number of carbonyl (C=O) groups excluding carboxylic acids is 1. The number of carbonyl (C=O) groups is 1. The lowest BCUT2D eigenvalue weighted by Crippen LogP contribution is -2.30. The van der Waals surface area contributed by atoms with Crippen LogP contribution in [0.1, 0.15) is 22.0 Å². The predicted molar refractivity (Wildman–Crippen MR) is 136 cm³/mol. The van der Waals surface area contributed by atoms with Crippen LogP contribution in [0.25, 0.3) is 21.7 Å². The first-order chi connectivity index (χ1) is 16.0. The van der Waals surface area contributed by atoms with Crippen molar-refractivity contribution in [1.29, 1.82) is 0 Å². The van der Waals surface area contributed by atoms with Crippen LogP contribution in [0.2, 0.25) is 0 Å². The minimum atomic E-state index is -0.0928. The number of alkyl halides is 1. The van der Waals surface area contributed by atoms with Gasteiger partial charge in [-0.2, -0.15) is 0 Å². The zero-order valence-corrected chi connectivity index (χ0v) is 19.5. The molecule has 1 unspecified atom stereocenters. The molecule has 170 valence electrons. The van der Waals surface area contributed by atoms with Crippen LogP contribution in [0, 0.1) is 0 Å². The van der Waals surface area contributed by atoms with E-state index in [0.29, 0.717) is 30.4 Å². The van der Waals surface area contributed by atoms with Gasteiger partial charge in [-0.3, -0.25) is 4.79 Å². The first-order valence-electron chi connectivity index (χ1n) is 11.1. The van der Waals surface area contributed by atoms with Crippen LogP contribution in [0.15, 0.2) is 54.6 Å². The van der Waals surface area contributed by atoms with Crippen molar-refractivity contribution in [2.45, 2.75) is 5.92 Å². The number of nitrogen functional groups attached to an aromatic ring is 1. The van der Waals surface area contributed by atoms with Gasteiger partial charge in [0.2, 0.25) is 0 Å². The van der Waals surface area contributed by atoms with E-state index in [0.717, 1.165) is 45.2 Å². The number of amides is 1. The number of anilines is 2. The van der Waals surface area contributed by atoms with Gasteiger partial charge >= 0.3 is 0 Å². The molecule has 4 aromatic rings. The number of rotatable bonds is 6. The Bertz CT molecular complexity index is 1350. The topological polar surface area (TPSA) is 74.6 Å². The summed E-state index contributed by atoms with van der Waals surface area (Å²) >= 11 is 6.34. The lowest BCUT2D eigenvalue weighted by Gasteiger charge is -2.18. The third-order valence-corrected chi connectivity index (χ3v) is 6.63. The molecule has 0 aliphatic carbocycles. The van der Waals surface area contributed by atoms with Crippen molar-refractivity contribution < 1.29 is 9.53 Å². The van der Waals surface area contributed by atoms with Crippen molar-refractivity contribution in [2.24, 2.45) is 0 Å². The van der Waals surface area contributed by atoms with E-state index in [-0.39, 0.29) is 11.8 Å². The molecular weight excluding hydrogens is 436 g/mol. The van der Waals surface area contributed by atoms with E-state index >= 15 is 0 Å². The summed E-state index contributed by atoms with van der Waals surface area (Å²) in [5.41, 5.74) is 10.4. The van der Waals surface area contributed by atoms with Gasteiger partial charge in [-0.05, 0) is 55.4 Å². The molecule has 0 saturated heterocycles. The molecule has 1 aliphatic heterocycles. The highest BCUT2D eigenvalue weighted by atomic mass is 35.5. The molecule has 0 fully saturated rings. The number of ether oxygens (including phenoxy) is 1. The number of aromatic nitrogens is 1. The maximum atomic E-state index is 13.6. The van der Waals surface area contributed by atoms with E-state index in [1.165, 1.54) is 0 Å². The summed E-state index contributed by atoms with van der Waals surface area (Å²) in [4.78, 5) is 20.7. The second-order valence-corrected chi connectivity index (χ2v) is 9.10. The van der Waals surface area contributed by atoms with Crippen LogP contribution < -0.4 is 15.4 Å². The summed E-state index contributed by atoms with van der Waals surface area (Å²) in [6.45, 7) is 1.97. The number of benzene rings is 3. The fourth-order valence-electron chi connectivity index (χ4n) is 4.60. The van der Waals surface area contributed by atoms with Crippen LogP contribution in [-0.2, 0) is 0 Å². The first kappa shape index (κ1) is 21.6. The molecule has 6 nitrogen and oxygen atoms in total. The molecule has 0 radical (unpaired) electrons. The number of nitrogens with two attached hydrogens (primary N) is 1. The lowest BCUT2D eigenvalue weighted by molar-refractivity contribution is 0.0984. The summed E-state index contributed by atoms with van der Waals surface area (Å²) in [6, 6.07) is 17.6. The molecule has 1 amide bonds. The van der Waals surface area contributed by atoms with Gasteiger partial charge in [-0.15, -0.1) is 11.6 Å². The van der Waals surface area contributed by atoms with E-state index < -0.39 is 0 Å². The Morgan fingerprint density at radius 2 is 1.97 bits per heavy atom. The van der Waals surface area contributed by atoms with Crippen LogP contribution in [0.5, 0.6) is 5.75 Å². The third kappa shape index (κ3) is 3.90. The smallest absolute Gasteiger partial charge is 0.274 e. The van der Waals surface area contributed by atoms with Gasteiger partial charge < -0.3 is 25.3 Å².